The number of halogens is 1. The summed E-state index contributed by atoms with van der Waals surface area (Å²) in [6.07, 6.45) is 0. The number of sulfonamides is 1. The summed E-state index contributed by atoms with van der Waals surface area (Å²) in [6.45, 7) is -0.0942. The number of hydrogen-bond acceptors (Lipinski definition) is 4. The highest BCUT2D eigenvalue weighted by Gasteiger charge is 2.18. The van der Waals surface area contributed by atoms with Gasteiger partial charge in [-0.1, -0.05) is 6.07 Å². The molecule has 0 aromatic heterocycles. The van der Waals surface area contributed by atoms with Crippen LogP contribution in [-0.2, 0) is 21.4 Å². The first-order valence-electron chi connectivity index (χ1n) is 4.89. The van der Waals surface area contributed by atoms with Crippen molar-refractivity contribution in [3.05, 3.63) is 29.6 Å². The lowest BCUT2D eigenvalue weighted by Crippen LogP contribution is -2.28. The molecule has 0 radical (unpaired) electrons. The average molecular weight is 263 g/mol. The molecule has 2 N–H and O–H groups in total. The fourth-order valence-electron chi connectivity index (χ4n) is 1.21. The maximum atomic E-state index is 13.4. The topological polar surface area (TPSA) is 75.6 Å². The molecule has 0 heterocycles. The number of hydrogen-bond donors (Lipinski definition) is 2. The maximum Gasteiger partial charge on any atom is 0.243 e. The van der Waals surface area contributed by atoms with Gasteiger partial charge < -0.3 is 9.84 Å². The molecule has 0 amide bonds. The molecule has 7 heteroatoms. The quantitative estimate of drug-likeness (QED) is 0.721. The molecule has 5 nitrogen and oxygen atoms in total. The van der Waals surface area contributed by atoms with Gasteiger partial charge in [-0.25, -0.2) is 17.5 Å². The Bertz CT molecular complexity index is 475. The summed E-state index contributed by atoms with van der Waals surface area (Å²) in [7, 11) is -2.48. The zero-order valence-electron chi connectivity index (χ0n) is 9.31. The van der Waals surface area contributed by atoms with Gasteiger partial charge in [0.25, 0.3) is 0 Å². The first-order chi connectivity index (χ1) is 8.01. The van der Waals surface area contributed by atoms with Crippen molar-refractivity contribution in [2.75, 3.05) is 20.3 Å². The first kappa shape index (κ1) is 14.0. The molecule has 0 aliphatic heterocycles. The van der Waals surface area contributed by atoms with Crippen LogP contribution in [0.25, 0.3) is 0 Å². The Morgan fingerprint density at radius 3 is 2.76 bits per heavy atom. The molecule has 1 aromatic rings. The molecular weight excluding hydrogens is 249 g/mol. The van der Waals surface area contributed by atoms with E-state index in [2.05, 4.69) is 9.46 Å². The lowest BCUT2D eigenvalue weighted by molar-refractivity contribution is 0.204. The van der Waals surface area contributed by atoms with Gasteiger partial charge in [-0.3, -0.25) is 0 Å². The summed E-state index contributed by atoms with van der Waals surface area (Å²) in [5, 5.41) is 8.88. The molecule has 0 unspecified atom stereocenters. The van der Waals surface area contributed by atoms with Gasteiger partial charge in [0.15, 0.2) is 0 Å². The molecule has 17 heavy (non-hydrogen) atoms. The number of nitrogens with one attached hydrogen (secondary N) is 1. The van der Waals surface area contributed by atoms with Crippen molar-refractivity contribution in [1.29, 1.82) is 0 Å². The summed E-state index contributed by atoms with van der Waals surface area (Å²) in [6, 6.07) is 3.43. The van der Waals surface area contributed by atoms with Crippen LogP contribution in [0.15, 0.2) is 23.1 Å². The van der Waals surface area contributed by atoms with E-state index in [-0.39, 0.29) is 19.8 Å². The van der Waals surface area contributed by atoms with Crippen molar-refractivity contribution in [2.24, 2.45) is 0 Å². The van der Waals surface area contributed by atoms with Crippen LogP contribution in [-0.4, -0.2) is 33.8 Å². The normalized spacial score (nSPS) is 11.7. The van der Waals surface area contributed by atoms with Gasteiger partial charge in [0.05, 0.1) is 13.2 Å². The lowest BCUT2D eigenvalue weighted by Gasteiger charge is -2.08. The molecule has 0 fully saturated rings. The smallest absolute Gasteiger partial charge is 0.243 e. The summed E-state index contributed by atoms with van der Waals surface area (Å²) in [5.74, 6) is -0.855. The Morgan fingerprint density at radius 1 is 1.47 bits per heavy atom. The molecule has 96 valence electrons. The summed E-state index contributed by atoms with van der Waals surface area (Å²) in [4.78, 5) is -0.472. The fourth-order valence-corrected chi connectivity index (χ4v) is 2.35. The SMILES string of the molecule is COCCNS(=O)(=O)c1cc(CO)ccc1F. The Morgan fingerprint density at radius 2 is 2.18 bits per heavy atom. The molecule has 1 rings (SSSR count). The van der Waals surface area contributed by atoms with Gasteiger partial charge in [-0.2, -0.15) is 0 Å². The molecule has 1 aromatic carbocycles. The van der Waals surface area contributed by atoms with Crippen LogP contribution in [0.3, 0.4) is 0 Å². The minimum absolute atomic E-state index is 0.0572. The van der Waals surface area contributed by atoms with Crippen molar-refractivity contribution in [3.8, 4) is 0 Å². The monoisotopic (exact) mass is 263 g/mol. The lowest BCUT2D eigenvalue weighted by atomic mass is 10.2. The van der Waals surface area contributed by atoms with E-state index >= 15 is 0 Å². The summed E-state index contributed by atoms with van der Waals surface area (Å²) >= 11 is 0. The van der Waals surface area contributed by atoms with E-state index in [1.807, 2.05) is 0 Å². The van der Waals surface area contributed by atoms with Crippen LogP contribution in [0, 0.1) is 5.82 Å². The molecule has 0 aliphatic rings. The van der Waals surface area contributed by atoms with Gasteiger partial charge in [-0.05, 0) is 17.7 Å². The van der Waals surface area contributed by atoms with Gasteiger partial charge >= 0.3 is 0 Å². The van der Waals surface area contributed by atoms with Crippen molar-refractivity contribution in [1.82, 2.24) is 4.72 Å². The minimum Gasteiger partial charge on any atom is -0.392 e. The van der Waals surface area contributed by atoms with E-state index in [9.17, 15) is 12.8 Å². The van der Waals surface area contributed by atoms with Crippen LogP contribution < -0.4 is 4.72 Å². The summed E-state index contributed by atoms with van der Waals surface area (Å²) < 4.78 is 43.7. The van der Waals surface area contributed by atoms with E-state index in [0.29, 0.717) is 5.56 Å². The predicted molar refractivity (Wildman–Crippen MR) is 59.4 cm³/mol. The van der Waals surface area contributed by atoms with E-state index in [1.54, 1.807) is 0 Å². The van der Waals surface area contributed by atoms with Gasteiger partial charge in [-0.15, -0.1) is 0 Å². The number of rotatable bonds is 6. The highest BCUT2D eigenvalue weighted by Crippen LogP contribution is 2.16. The molecule has 0 aliphatic carbocycles. The second kappa shape index (κ2) is 6.06. The Kier molecular flexibility index (Phi) is 5.01. The van der Waals surface area contributed by atoms with Crippen molar-refractivity contribution in [3.63, 3.8) is 0 Å². The maximum absolute atomic E-state index is 13.4. The molecular formula is C10H14FNO4S. The molecule has 0 spiro atoms. The van der Waals surface area contributed by atoms with Crippen LogP contribution in [0.5, 0.6) is 0 Å². The number of benzene rings is 1. The Balaban J connectivity index is 2.97. The molecule has 0 atom stereocenters. The van der Waals surface area contributed by atoms with Crippen LogP contribution in [0.2, 0.25) is 0 Å². The van der Waals surface area contributed by atoms with Crippen molar-refractivity contribution in [2.45, 2.75) is 11.5 Å². The van der Waals surface area contributed by atoms with Crippen molar-refractivity contribution >= 4 is 10.0 Å². The van der Waals surface area contributed by atoms with Crippen molar-refractivity contribution < 1.29 is 22.7 Å². The minimum atomic E-state index is -3.91. The average Bonchev–Trinajstić information content (AvgIpc) is 2.29. The second-order valence-electron chi connectivity index (χ2n) is 3.31. The van der Waals surface area contributed by atoms with Crippen LogP contribution in [0.4, 0.5) is 4.39 Å². The summed E-state index contributed by atoms with van der Waals surface area (Å²) in [5.41, 5.74) is 0.332. The molecule has 0 saturated carbocycles. The Hall–Kier alpha value is -1.02. The zero-order valence-corrected chi connectivity index (χ0v) is 10.1. The number of ether oxygens (including phenoxy) is 1. The highest BCUT2D eigenvalue weighted by atomic mass is 32.2. The third kappa shape index (κ3) is 3.74. The third-order valence-electron chi connectivity index (χ3n) is 2.07. The van der Waals surface area contributed by atoms with Crippen LogP contribution >= 0.6 is 0 Å². The van der Waals surface area contributed by atoms with E-state index < -0.39 is 20.7 Å². The standard InChI is InChI=1S/C10H14FNO4S/c1-16-5-4-12-17(14,15)10-6-8(7-13)2-3-9(10)11/h2-3,6,12-13H,4-5,7H2,1H3. The fraction of sp³-hybridized carbons (Fsp3) is 0.400. The first-order valence-corrected chi connectivity index (χ1v) is 6.37. The zero-order chi connectivity index (χ0) is 12.9. The predicted octanol–water partition coefficient (Wildman–Crippen LogP) is 0.243. The number of methoxy groups -OCH3 is 1. The largest absolute Gasteiger partial charge is 0.392 e. The Labute approximate surface area is 99.3 Å². The number of aliphatic hydroxyl groups is 1. The van der Waals surface area contributed by atoms with Gasteiger partial charge in [0.1, 0.15) is 10.7 Å². The van der Waals surface area contributed by atoms with E-state index in [1.165, 1.54) is 13.2 Å². The molecule has 0 saturated heterocycles. The number of aliphatic hydroxyl groups excluding tert-OH is 1. The molecule has 0 bridgehead atoms. The van der Waals surface area contributed by atoms with Gasteiger partial charge in [0, 0.05) is 13.7 Å². The van der Waals surface area contributed by atoms with Crippen LogP contribution in [0.1, 0.15) is 5.56 Å². The highest BCUT2D eigenvalue weighted by molar-refractivity contribution is 7.89. The van der Waals surface area contributed by atoms with E-state index in [0.717, 1.165) is 12.1 Å². The van der Waals surface area contributed by atoms with Gasteiger partial charge in [0.2, 0.25) is 10.0 Å². The second-order valence-corrected chi connectivity index (χ2v) is 5.05. The van der Waals surface area contributed by atoms with E-state index in [4.69, 9.17) is 5.11 Å². The third-order valence-corrected chi connectivity index (χ3v) is 3.54.